The smallest absolute Gasteiger partial charge is 0.326 e. The summed E-state index contributed by atoms with van der Waals surface area (Å²) in [4.78, 5) is 11.0. The molecule has 0 spiro atoms. The van der Waals surface area contributed by atoms with Crippen LogP contribution in [-0.2, 0) is 14.8 Å². The number of hydrogen-bond acceptors (Lipinski definition) is 4. The minimum atomic E-state index is -3.74. The number of benzene rings is 1. The van der Waals surface area contributed by atoms with Gasteiger partial charge in [-0.25, -0.2) is 18.4 Å². The highest BCUT2D eigenvalue weighted by molar-refractivity contribution is 7.89. The van der Waals surface area contributed by atoms with Crippen LogP contribution in [0.2, 0.25) is 0 Å². The average Bonchev–Trinajstić information content (AvgIpc) is 2.34. The Hall–Kier alpha value is -1.71. The first-order valence-corrected chi connectivity index (χ1v) is 8.00. The van der Waals surface area contributed by atoms with E-state index in [0.717, 1.165) is 0 Å². The van der Waals surface area contributed by atoms with Crippen molar-refractivity contribution in [3.05, 3.63) is 24.3 Å². The van der Waals surface area contributed by atoms with Crippen molar-refractivity contribution in [2.24, 2.45) is 11.1 Å². The topological polar surface area (TPSA) is 122 Å². The van der Waals surface area contributed by atoms with Crippen molar-refractivity contribution in [1.82, 2.24) is 5.32 Å². The first-order chi connectivity index (χ1) is 9.61. The fourth-order valence-electron chi connectivity index (χ4n) is 1.55. The molecule has 5 N–H and O–H groups in total. The number of carboxylic acids is 1. The third-order valence-corrected chi connectivity index (χ3v) is 3.81. The monoisotopic (exact) mass is 331 g/mol. The van der Waals surface area contributed by atoms with Crippen LogP contribution in [0.3, 0.4) is 0 Å². The average molecular weight is 331 g/mol. The summed E-state index contributed by atoms with van der Waals surface area (Å²) in [5.41, 5.74) is 0.521. The first-order valence-electron chi connectivity index (χ1n) is 6.04. The first kappa shape index (κ1) is 17.3. The van der Waals surface area contributed by atoms with Crippen molar-refractivity contribution < 1.29 is 18.3 Å². The number of nitrogens with one attached hydrogen (secondary N) is 2. The molecule has 0 aromatic heterocycles. The van der Waals surface area contributed by atoms with Crippen molar-refractivity contribution in [1.29, 1.82) is 0 Å². The number of thiocarbonyl (C=S) groups is 1. The molecule has 9 heteroatoms. The van der Waals surface area contributed by atoms with E-state index in [4.69, 9.17) is 22.5 Å². The Kier molecular flexibility index (Phi) is 5.64. The molecule has 1 atom stereocenters. The van der Waals surface area contributed by atoms with Crippen molar-refractivity contribution in [2.75, 3.05) is 5.32 Å². The van der Waals surface area contributed by atoms with E-state index in [-0.39, 0.29) is 15.9 Å². The van der Waals surface area contributed by atoms with Gasteiger partial charge in [0.15, 0.2) is 5.11 Å². The van der Waals surface area contributed by atoms with Gasteiger partial charge in [-0.3, -0.25) is 0 Å². The molecule has 116 valence electrons. The number of carbonyl (C=O) groups is 1. The standard InChI is InChI=1S/C12H17N3O4S2/c1-7(2)10(11(16)17)15-12(20)14-8-3-5-9(6-4-8)21(13,18)19/h3-7,10H,1-2H3,(H,16,17)(H2,13,18,19)(H2,14,15,20). The Labute approximate surface area is 128 Å². The second-order valence-electron chi connectivity index (χ2n) is 4.73. The molecule has 0 heterocycles. The van der Waals surface area contributed by atoms with Gasteiger partial charge in [0.25, 0.3) is 0 Å². The molecule has 0 fully saturated rings. The Bertz CT molecular complexity index is 626. The summed E-state index contributed by atoms with van der Waals surface area (Å²) in [5, 5.41) is 19.7. The van der Waals surface area contributed by atoms with E-state index in [9.17, 15) is 13.2 Å². The highest BCUT2D eigenvalue weighted by Gasteiger charge is 2.21. The fraction of sp³-hybridized carbons (Fsp3) is 0.333. The molecule has 0 amide bonds. The number of aliphatic carboxylic acids is 1. The van der Waals surface area contributed by atoms with Crippen molar-refractivity contribution in [3.8, 4) is 0 Å². The summed E-state index contributed by atoms with van der Waals surface area (Å²) in [5.74, 6) is -1.15. The van der Waals surface area contributed by atoms with Gasteiger partial charge in [-0.1, -0.05) is 13.8 Å². The van der Waals surface area contributed by atoms with E-state index in [1.165, 1.54) is 24.3 Å². The molecule has 1 aromatic rings. The van der Waals surface area contributed by atoms with Crippen LogP contribution in [-0.4, -0.2) is 30.6 Å². The molecule has 0 aliphatic heterocycles. The largest absolute Gasteiger partial charge is 0.480 e. The zero-order valence-corrected chi connectivity index (χ0v) is 13.2. The quantitative estimate of drug-likeness (QED) is 0.587. The molecule has 0 saturated heterocycles. The van der Waals surface area contributed by atoms with Crippen LogP contribution in [0.25, 0.3) is 0 Å². The predicted octanol–water partition coefficient (Wildman–Crippen LogP) is 0.730. The van der Waals surface area contributed by atoms with E-state index in [1.54, 1.807) is 13.8 Å². The van der Waals surface area contributed by atoms with Crippen LogP contribution in [0.15, 0.2) is 29.2 Å². The molecule has 0 aliphatic carbocycles. The SMILES string of the molecule is CC(C)C(NC(=S)Nc1ccc(S(N)(=O)=O)cc1)C(=O)O. The molecular formula is C12H17N3O4S2. The summed E-state index contributed by atoms with van der Waals surface area (Å²) in [6, 6.07) is 4.82. The lowest BCUT2D eigenvalue weighted by atomic mass is 10.1. The molecule has 0 bridgehead atoms. The second kappa shape index (κ2) is 6.83. The van der Waals surface area contributed by atoms with Gasteiger partial charge < -0.3 is 15.7 Å². The van der Waals surface area contributed by atoms with Crippen molar-refractivity contribution in [3.63, 3.8) is 0 Å². The summed E-state index contributed by atoms with van der Waals surface area (Å²) in [6.45, 7) is 3.52. The van der Waals surface area contributed by atoms with Crippen LogP contribution in [0.4, 0.5) is 5.69 Å². The molecule has 21 heavy (non-hydrogen) atoms. The fourth-order valence-corrected chi connectivity index (χ4v) is 2.31. The predicted molar refractivity (Wildman–Crippen MR) is 83.4 cm³/mol. The zero-order valence-electron chi connectivity index (χ0n) is 11.5. The number of rotatable bonds is 5. The van der Waals surface area contributed by atoms with Crippen molar-refractivity contribution >= 4 is 39.0 Å². The van der Waals surface area contributed by atoms with Crippen LogP contribution < -0.4 is 15.8 Å². The van der Waals surface area contributed by atoms with E-state index in [1.807, 2.05) is 0 Å². The normalized spacial score (nSPS) is 12.8. The van der Waals surface area contributed by atoms with Crippen LogP contribution >= 0.6 is 12.2 Å². The number of sulfonamides is 1. The maximum Gasteiger partial charge on any atom is 0.326 e. The van der Waals surface area contributed by atoms with Gasteiger partial charge in [0, 0.05) is 5.69 Å². The highest BCUT2D eigenvalue weighted by Crippen LogP contribution is 2.13. The lowest BCUT2D eigenvalue weighted by Crippen LogP contribution is -2.46. The van der Waals surface area contributed by atoms with Gasteiger partial charge in [-0.05, 0) is 42.4 Å². The van der Waals surface area contributed by atoms with Gasteiger partial charge in [-0.2, -0.15) is 0 Å². The van der Waals surface area contributed by atoms with E-state index < -0.39 is 22.0 Å². The highest BCUT2D eigenvalue weighted by atomic mass is 32.2. The third-order valence-electron chi connectivity index (χ3n) is 2.66. The van der Waals surface area contributed by atoms with Crippen molar-refractivity contribution in [2.45, 2.75) is 24.8 Å². The summed E-state index contributed by atoms with van der Waals surface area (Å²) >= 11 is 5.03. The molecular weight excluding hydrogens is 314 g/mol. The zero-order chi connectivity index (χ0) is 16.2. The van der Waals surface area contributed by atoms with Gasteiger partial charge in [0.05, 0.1) is 4.90 Å². The van der Waals surface area contributed by atoms with E-state index in [2.05, 4.69) is 10.6 Å². The van der Waals surface area contributed by atoms with Crippen LogP contribution in [0.1, 0.15) is 13.8 Å². The minimum Gasteiger partial charge on any atom is -0.480 e. The van der Waals surface area contributed by atoms with Crippen LogP contribution in [0.5, 0.6) is 0 Å². The maximum absolute atomic E-state index is 11.1. The molecule has 0 aliphatic rings. The number of primary sulfonamides is 1. The number of anilines is 1. The summed E-state index contributed by atoms with van der Waals surface area (Å²) in [6.07, 6.45) is 0. The Morgan fingerprint density at radius 3 is 2.19 bits per heavy atom. The Morgan fingerprint density at radius 2 is 1.81 bits per heavy atom. The summed E-state index contributed by atoms with van der Waals surface area (Å²) in [7, 11) is -3.74. The van der Waals surface area contributed by atoms with E-state index >= 15 is 0 Å². The minimum absolute atomic E-state index is 0.0162. The molecule has 1 rings (SSSR count). The van der Waals surface area contributed by atoms with E-state index in [0.29, 0.717) is 5.69 Å². The molecule has 1 unspecified atom stereocenters. The number of hydrogen-bond donors (Lipinski definition) is 4. The van der Waals surface area contributed by atoms with Gasteiger partial charge in [-0.15, -0.1) is 0 Å². The lowest BCUT2D eigenvalue weighted by molar-refractivity contribution is -0.140. The van der Waals surface area contributed by atoms with Crippen LogP contribution in [0, 0.1) is 5.92 Å². The maximum atomic E-state index is 11.1. The Balaban J connectivity index is 2.73. The number of nitrogens with two attached hydrogens (primary N) is 1. The Morgan fingerprint density at radius 1 is 1.29 bits per heavy atom. The number of carboxylic acid groups (broad SMARTS) is 1. The van der Waals surface area contributed by atoms with Gasteiger partial charge >= 0.3 is 5.97 Å². The van der Waals surface area contributed by atoms with Gasteiger partial charge in [0.1, 0.15) is 6.04 Å². The molecule has 1 aromatic carbocycles. The molecule has 0 radical (unpaired) electrons. The third kappa shape index (κ3) is 5.29. The summed E-state index contributed by atoms with van der Waals surface area (Å²) < 4.78 is 22.2. The molecule has 0 saturated carbocycles. The molecule has 7 nitrogen and oxygen atoms in total. The second-order valence-corrected chi connectivity index (χ2v) is 6.70. The van der Waals surface area contributed by atoms with Gasteiger partial charge in [0.2, 0.25) is 10.0 Å². The lowest BCUT2D eigenvalue weighted by Gasteiger charge is -2.20.